The molecule has 1 saturated heterocycles. The SMILES string of the molecule is C=CC(=O)N1CCN(c2ccc3ncnc(Nc4ccc(Cc5ccc6c(c5)ncn6C)c(C)c4)c3n2)C(C)C1. The molecule has 1 amide bonds. The van der Waals surface area contributed by atoms with E-state index in [1.807, 2.05) is 35.0 Å². The van der Waals surface area contributed by atoms with Crippen molar-refractivity contribution in [2.45, 2.75) is 26.3 Å². The summed E-state index contributed by atoms with van der Waals surface area (Å²) in [5, 5.41) is 3.47. The highest BCUT2D eigenvalue weighted by Crippen LogP contribution is 2.28. The van der Waals surface area contributed by atoms with Gasteiger partial charge in [-0.25, -0.2) is 19.9 Å². The number of nitrogens with zero attached hydrogens (tertiary/aromatic N) is 7. The standard InChI is InChI=1S/C31H32N8O/c1-5-29(40)38-12-13-39(21(3)17-38)28-11-9-25-30(36-28)31(33-18-32-25)35-24-8-7-23(20(2)14-24)15-22-6-10-27-26(16-22)34-19-37(27)4/h5-11,14,16,18-19,21H,1,12-13,15,17H2,2-4H3,(H,32,33,35). The molecule has 0 spiro atoms. The van der Waals surface area contributed by atoms with Crippen molar-refractivity contribution in [3.63, 3.8) is 0 Å². The van der Waals surface area contributed by atoms with Gasteiger partial charge in [0, 0.05) is 38.4 Å². The zero-order valence-electron chi connectivity index (χ0n) is 23.0. The third-order valence-corrected chi connectivity index (χ3v) is 7.67. The molecule has 0 bridgehead atoms. The highest BCUT2D eigenvalue weighted by Gasteiger charge is 2.27. The van der Waals surface area contributed by atoms with Crippen molar-refractivity contribution in [3.8, 4) is 0 Å². The van der Waals surface area contributed by atoms with Gasteiger partial charge in [0.05, 0.1) is 22.9 Å². The maximum Gasteiger partial charge on any atom is 0.246 e. The minimum atomic E-state index is -0.0339. The van der Waals surface area contributed by atoms with Crippen LogP contribution in [0.4, 0.5) is 17.3 Å². The average molecular weight is 533 g/mol. The molecule has 1 unspecified atom stereocenters. The lowest BCUT2D eigenvalue weighted by molar-refractivity contribution is -0.126. The molecular formula is C31H32N8O. The number of piperazine rings is 1. The third kappa shape index (κ3) is 4.86. The van der Waals surface area contributed by atoms with Crippen molar-refractivity contribution in [2.24, 2.45) is 7.05 Å². The van der Waals surface area contributed by atoms with E-state index < -0.39 is 0 Å². The van der Waals surface area contributed by atoms with Crippen LogP contribution in [0.1, 0.15) is 23.6 Å². The Hall–Kier alpha value is -4.79. The van der Waals surface area contributed by atoms with Crippen LogP contribution >= 0.6 is 0 Å². The Kier molecular flexibility index (Phi) is 6.63. The first-order valence-corrected chi connectivity index (χ1v) is 13.5. The number of aryl methyl sites for hydroxylation is 2. The molecular weight excluding hydrogens is 500 g/mol. The van der Waals surface area contributed by atoms with Gasteiger partial charge in [-0.3, -0.25) is 4.79 Å². The molecule has 202 valence electrons. The van der Waals surface area contributed by atoms with E-state index in [1.165, 1.54) is 22.8 Å². The predicted molar refractivity (Wildman–Crippen MR) is 159 cm³/mol. The first-order valence-electron chi connectivity index (χ1n) is 13.5. The number of benzene rings is 2. The molecule has 9 heteroatoms. The molecule has 9 nitrogen and oxygen atoms in total. The molecule has 1 N–H and O–H groups in total. The summed E-state index contributed by atoms with van der Waals surface area (Å²) in [6.45, 7) is 9.81. The van der Waals surface area contributed by atoms with E-state index in [4.69, 9.17) is 4.98 Å². The van der Waals surface area contributed by atoms with E-state index in [0.29, 0.717) is 31.0 Å². The number of fused-ring (bicyclic) bond motifs is 2. The molecule has 0 radical (unpaired) electrons. The Balaban J connectivity index is 1.22. The van der Waals surface area contributed by atoms with Crippen LogP contribution in [0.3, 0.4) is 0 Å². The number of anilines is 3. The summed E-state index contributed by atoms with van der Waals surface area (Å²) in [6, 6.07) is 16.9. The van der Waals surface area contributed by atoms with Crippen LogP contribution in [0.5, 0.6) is 0 Å². The van der Waals surface area contributed by atoms with E-state index >= 15 is 0 Å². The lowest BCUT2D eigenvalue weighted by Gasteiger charge is -2.40. The number of amides is 1. The first-order chi connectivity index (χ1) is 19.4. The van der Waals surface area contributed by atoms with Crippen LogP contribution in [0.2, 0.25) is 0 Å². The van der Waals surface area contributed by atoms with E-state index in [2.05, 4.69) is 82.0 Å². The Labute approximate surface area is 233 Å². The van der Waals surface area contributed by atoms with Crippen molar-refractivity contribution in [1.29, 1.82) is 0 Å². The normalized spacial score (nSPS) is 15.5. The average Bonchev–Trinajstić information content (AvgIpc) is 3.33. The van der Waals surface area contributed by atoms with Gasteiger partial charge in [-0.15, -0.1) is 0 Å². The van der Waals surface area contributed by atoms with Crippen LogP contribution < -0.4 is 10.2 Å². The van der Waals surface area contributed by atoms with Gasteiger partial charge in [0.25, 0.3) is 0 Å². The fourth-order valence-electron chi connectivity index (χ4n) is 5.43. The molecule has 1 fully saturated rings. The number of rotatable bonds is 6. The molecule has 5 aromatic rings. The van der Waals surface area contributed by atoms with E-state index in [9.17, 15) is 4.79 Å². The van der Waals surface area contributed by atoms with Gasteiger partial charge >= 0.3 is 0 Å². The zero-order chi connectivity index (χ0) is 27.8. The Bertz CT molecular complexity index is 1740. The first kappa shape index (κ1) is 25.5. The monoisotopic (exact) mass is 532 g/mol. The Morgan fingerprint density at radius 3 is 2.75 bits per heavy atom. The van der Waals surface area contributed by atoms with E-state index in [1.54, 1.807) is 6.33 Å². The molecule has 40 heavy (non-hydrogen) atoms. The minimum absolute atomic E-state index is 0.0339. The minimum Gasteiger partial charge on any atom is -0.350 e. The van der Waals surface area contributed by atoms with Gasteiger partial charge in [-0.2, -0.15) is 0 Å². The molecule has 2 aromatic carbocycles. The van der Waals surface area contributed by atoms with Crippen molar-refractivity contribution in [1.82, 2.24) is 29.4 Å². The Morgan fingerprint density at radius 1 is 1.07 bits per heavy atom. The number of carbonyl (C=O) groups is 1. The highest BCUT2D eigenvalue weighted by atomic mass is 16.2. The summed E-state index contributed by atoms with van der Waals surface area (Å²) >= 11 is 0. The summed E-state index contributed by atoms with van der Waals surface area (Å²) in [5.41, 5.74) is 8.26. The van der Waals surface area contributed by atoms with Crippen molar-refractivity contribution in [3.05, 3.63) is 90.5 Å². The lowest BCUT2D eigenvalue weighted by atomic mass is 9.99. The molecule has 1 aliphatic heterocycles. The van der Waals surface area contributed by atoms with Gasteiger partial charge < -0.3 is 19.7 Å². The van der Waals surface area contributed by atoms with Gasteiger partial charge in [0.15, 0.2) is 5.82 Å². The molecule has 1 aliphatic rings. The Morgan fingerprint density at radius 2 is 1.95 bits per heavy atom. The molecule has 0 aliphatic carbocycles. The van der Waals surface area contributed by atoms with Crippen LogP contribution in [0, 0.1) is 6.92 Å². The van der Waals surface area contributed by atoms with Gasteiger partial charge in [-0.05, 0) is 79.4 Å². The van der Waals surface area contributed by atoms with E-state index in [-0.39, 0.29) is 11.9 Å². The number of pyridine rings is 1. The van der Waals surface area contributed by atoms with Gasteiger partial charge in [-0.1, -0.05) is 18.7 Å². The number of aromatic nitrogens is 5. The van der Waals surface area contributed by atoms with Crippen molar-refractivity contribution >= 4 is 45.3 Å². The third-order valence-electron chi connectivity index (χ3n) is 7.67. The summed E-state index contributed by atoms with van der Waals surface area (Å²) < 4.78 is 2.03. The van der Waals surface area contributed by atoms with Crippen LogP contribution in [-0.4, -0.2) is 61.0 Å². The number of hydrogen-bond acceptors (Lipinski definition) is 7. The number of imidazole rings is 1. The number of nitrogens with one attached hydrogen (secondary N) is 1. The molecule has 3 aromatic heterocycles. The van der Waals surface area contributed by atoms with Crippen molar-refractivity contribution < 1.29 is 4.79 Å². The topological polar surface area (TPSA) is 92.1 Å². The number of carbonyl (C=O) groups excluding carboxylic acids is 1. The van der Waals surface area contributed by atoms with Crippen molar-refractivity contribution in [2.75, 3.05) is 29.9 Å². The van der Waals surface area contributed by atoms with Crippen LogP contribution in [0.15, 0.2) is 73.8 Å². The van der Waals surface area contributed by atoms with E-state index in [0.717, 1.165) is 34.5 Å². The largest absolute Gasteiger partial charge is 0.350 e. The predicted octanol–water partition coefficient (Wildman–Crippen LogP) is 4.78. The quantitative estimate of drug-likeness (QED) is 0.315. The summed E-state index contributed by atoms with van der Waals surface area (Å²) in [7, 11) is 2.01. The molecule has 1 atom stereocenters. The second kappa shape index (κ2) is 10.4. The fourth-order valence-corrected chi connectivity index (χ4v) is 5.43. The lowest BCUT2D eigenvalue weighted by Crippen LogP contribution is -2.53. The summed E-state index contributed by atoms with van der Waals surface area (Å²) in [6.07, 6.45) is 5.62. The molecule has 4 heterocycles. The smallest absolute Gasteiger partial charge is 0.246 e. The van der Waals surface area contributed by atoms with Crippen LogP contribution in [-0.2, 0) is 18.3 Å². The summed E-state index contributed by atoms with van der Waals surface area (Å²) in [4.78, 5) is 34.6. The molecule has 6 rings (SSSR count). The maximum absolute atomic E-state index is 12.1. The van der Waals surface area contributed by atoms with Gasteiger partial charge in [0.2, 0.25) is 5.91 Å². The number of hydrogen-bond donors (Lipinski definition) is 1. The second-order valence-corrected chi connectivity index (χ2v) is 10.4. The molecule has 0 saturated carbocycles. The summed E-state index contributed by atoms with van der Waals surface area (Å²) in [5.74, 6) is 1.47. The van der Waals surface area contributed by atoms with Gasteiger partial charge in [0.1, 0.15) is 17.7 Å². The maximum atomic E-state index is 12.1. The fraction of sp³-hybridized carbons (Fsp3) is 0.258. The second-order valence-electron chi connectivity index (χ2n) is 10.4. The highest BCUT2D eigenvalue weighted by molar-refractivity contribution is 5.89. The zero-order valence-corrected chi connectivity index (χ0v) is 23.0. The van der Waals surface area contributed by atoms with Crippen LogP contribution in [0.25, 0.3) is 22.1 Å².